The fourth-order valence-corrected chi connectivity index (χ4v) is 8.37. The number of rotatable bonds is 7. The van der Waals surface area contributed by atoms with Crippen LogP contribution in [0.25, 0.3) is 6.08 Å². The van der Waals surface area contributed by atoms with Crippen LogP contribution in [0.4, 0.5) is 0 Å². The van der Waals surface area contributed by atoms with Crippen LogP contribution in [0.15, 0.2) is 54.1 Å². The Morgan fingerprint density at radius 3 is 2.22 bits per heavy atom. The molecule has 10 nitrogen and oxygen atoms in total. The van der Waals surface area contributed by atoms with Crippen LogP contribution in [0.2, 0.25) is 0 Å². The number of imide groups is 2. The lowest BCUT2D eigenvalue weighted by Gasteiger charge is -2.49. The Balaban J connectivity index is 1.38. The summed E-state index contributed by atoms with van der Waals surface area (Å²) in [5.74, 6) is -4.59. The van der Waals surface area contributed by atoms with E-state index >= 15 is 0 Å². The van der Waals surface area contributed by atoms with E-state index in [0.29, 0.717) is 17.6 Å². The highest BCUT2D eigenvalue weighted by Gasteiger charge is 2.75. The molecular weight excluding hydrogens is 623 g/mol. The van der Waals surface area contributed by atoms with Gasteiger partial charge in [-0.2, -0.15) is 0 Å². The zero-order valence-corrected chi connectivity index (χ0v) is 26.3. The molecule has 4 aliphatic rings. The SMILES string of the molecule is COc1cc(C=C[C@H]2C3=CC[C@@H]4C(=O)N(CCc5ccc(O)cc5)C(=O)[C@@H]4[C@@H]3C[C@@]3(Cl)C(=O)N(C)C(=O)[C@@]23Cl)cc(OC)c1O. The predicted octanol–water partition coefficient (Wildman–Crippen LogP) is 3.89. The number of phenols is 2. The second-order valence-corrected chi connectivity index (χ2v) is 13.2. The third-order valence-corrected chi connectivity index (χ3v) is 11.1. The van der Waals surface area contributed by atoms with Crippen molar-refractivity contribution in [2.75, 3.05) is 27.8 Å². The normalized spacial score (nSPS) is 30.8. The summed E-state index contributed by atoms with van der Waals surface area (Å²) in [5.41, 5.74) is 2.09. The molecular formula is C33H32Cl2N2O8. The molecule has 236 valence electrons. The number of phenolic OH excluding ortho intramolecular Hbond substituents is 2. The molecule has 2 N–H and O–H groups in total. The molecule has 2 aliphatic heterocycles. The minimum Gasteiger partial charge on any atom is -0.508 e. The smallest absolute Gasteiger partial charge is 0.253 e. The van der Waals surface area contributed by atoms with Gasteiger partial charge in [-0.3, -0.25) is 29.0 Å². The van der Waals surface area contributed by atoms with Gasteiger partial charge in [-0.25, -0.2) is 0 Å². The number of aromatic hydroxyl groups is 2. The van der Waals surface area contributed by atoms with Crippen molar-refractivity contribution in [3.8, 4) is 23.0 Å². The Bertz CT molecular complexity index is 1650. The van der Waals surface area contributed by atoms with Crippen molar-refractivity contribution in [2.24, 2.45) is 23.7 Å². The number of amides is 4. The molecule has 2 heterocycles. The van der Waals surface area contributed by atoms with Crippen LogP contribution in [-0.2, 0) is 25.6 Å². The van der Waals surface area contributed by atoms with Gasteiger partial charge in [0.15, 0.2) is 21.2 Å². The molecule has 0 unspecified atom stereocenters. The Kier molecular flexibility index (Phi) is 7.64. The van der Waals surface area contributed by atoms with Gasteiger partial charge < -0.3 is 19.7 Å². The molecule has 6 rings (SSSR count). The number of fused-ring (bicyclic) bond motifs is 4. The van der Waals surface area contributed by atoms with Crippen LogP contribution < -0.4 is 9.47 Å². The average molecular weight is 656 g/mol. The topological polar surface area (TPSA) is 134 Å². The predicted molar refractivity (Wildman–Crippen MR) is 165 cm³/mol. The third-order valence-electron chi connectivity index (χ3n) is 9.71. The molecule has 0 aromatic heterocycles. The monoisotopic (exact) mass is 654 g/mol. The zero-order chi connectivity index (χ0) is 32.4. The number of benzene rings is 2. The zero-order valence-electron chi connectivity index (χ0n) is 24.8. The quantitative estimate of drug-likeness (QED) is 0.261. The first-order chi connectivity index (χ1) is 21.4. The van der Waals surface area contributed by atoms with Gasteiger partial charge in [-0.15, -0.1) is 23.2 Å². The van der Waals surface area contributed by atoms with Gasteiger partial charge in [0.25, 0.3) is 11.8 Å². The molecule has 2 aromatic carbocycles. The maximum Gasteiger partial charge on any atom is 0.253 e. The van der Waals surface area contributed by atoms with Gasteiger partial charge >= 0.3 is 0 Å². The molecule has 1 saturated carbocycles. The Morgan fingerprint density at radius 2 is 1.60 bits per heavy atom. The number of ether oxygens (including phenoxy) is 2. The summed E-state index contributed by atoms with van der Waals surface area (Å²) in [6, 6.07) is 9.73. The first-order valence-corrected chi connectivity index (χ1v) is 15.3. The van der Waals surface area contributed by atoms with E-state index < -0.39 is 45.2 Å². The number of allylic oxidation sites excluding steroid dienone is 3. The summed E-state index contributed by atoms with van der Waals surface area (Å²) < 4.78 is 10.6. The maximum absolute atomic E-state index is 14.0. The summed E-state index contributed by atoms with van der Waals surface area (Å²) in [6.45, 7) is 0.164. The highest BCUT2D eigenvalue weighted by Crippen LogP contribution is 2.63. The van der Waals surface area contributed by atoms with E-state index in [1.807, 2.05) is 6.08 Å². The van der Waals surface area contributed by atoms with E-state index in [-0.39, 0.29) is 54.2 Å². The molecule has 2 aromatic rings. The lowest BCUT2D eigenvalue weighted by atomic mass is 9.57. The van der Waals surface area contributed by atoms with Gasteiger partial charge in [0, 0.05) is 19.5 Å². The van der Waals surface area contributed by atoms with Crippen molar-refractivity contribution in [1.82, 2.24) is 9.80 Å². The number of carbonyl (C=O) groups excluding carboxylic acids is 4. The molecule has 2 saturated heterocycles. The number of methoxy groups -OCH3 is 2. The number of likely N-dealkylation sites (tertiary alicyclic amines) is 2. The standard InChI is InChI=1S/C33H32Cl2N2O8/c1-36-30(42)32(34)16-22-20(9-10-21-26(22)29(41)37(28(21)40)13-12-17-4-7-19(38)8-5-17)23(33(32,35)31(36)43)11-6-18-14-24(44-2)27(39)25(15-18)45-3/h4-9,11,14-15,21-23,26,38-39H,10,12-13,16H2,1-3H3/t21-,22+,23-,26-,32+,33-/m0/s1. The van der Waals surface area contributed by atoms with E-state index in [0.717, 1.165) is 10.5 Å². The molecule has 0 bridgehead atoms. The van der Waals surface area contributed by atoms with Crippen molar-refractivity contribution in [3.05, 3.63) is 65.3 Å². The molecule has 2 aliphatic carbocycles. The number of carbonyl (C=O) groups is 4. The van der Waals surface area contributed by atoms with Crippen molar-refractivity contribution in [3.63, 3.8) is 0 Å². The van der Waals surface area contributed by atoms with Gasteiger partial charge in [0.05, 0.1) is 26.1 Å². The molecule has 6 atom stereocenters. The number of nitrogens with zero attached hydrogens (tertiary/aromatic N) is 2. The first kappa shape index (κ1) is 31.0. The van der Waals surface area contributed by atoms with Crippen LogP contribution in [0.1, 0.15) is 24.0 Å². The number of hydrogen-bond donors (Lipinski definition) is 2. The molecule has 0 radical (unpaired) electrons. The first-order valence-electron chi connectivity index (χ1n) is 14.5. The Hall–Kier alpha value is -4.02. The van der Waals surface area contributed by atoms with E-state index in [1.165, 1.54) is 26.2 Å². The molecule has 45 heavy (non-hydrogen) atoms. The second kappa shape index (κ2) is 11.1. The molecule has 3 fully saturated rings. The lowest BCUT2D eigenvalue weighted by molar-refractivity contribution is -0.141. The molecule has 0 spiro atoms. The van der Waals surface area contributed by atoms with Gasteiger partial charge in [0.2, 0.25) is 17.6 Å². The van der Waals surface area contributed by atoms with Crippen LogP contribution in [-0.4, -0.2) is 81.2 Å². The van der Waals surface area contributed by atoms with E-state index in [2.05, 4.69) is 0 Å². The van der Waals surface area contributed by atoms with Gasteiger partial charge in [-0.05, 0) is 60.6 Å². The number of hydrogen-bond acceptors (Lipinski definition) is 8. The van der Waals surface area contributed by atoms with Gasteiger partial charge in [0.1, 0.15) is 5.75 Å². The van der Waals surface area contributed by atoms with Crippen LogP contribution in [0.3, 0.4) is 0 Å². The fourth-order valence-electron chi connectivity index (χ4n) is 7.40. The largest absolute Gasteiger partial charge is 0.508 e. The average Bonchev–Trinajstić information content (AvgIpc) is 3.35. The summed E-state index contributed by atoms with van der Waals surface area (Å²) >= 11 is 14.3. The summed E-state index contributed by atoms with van der Waals surface area (Å²) in [7, 11) is 4.14. The summed E-state index contributed by atoms with van der Waals surface area (Å²) in [5, 5.41) is 20.0. The minimum absolute atomic E-state index is 0.0873. The van der Waals surface area contributed by atoms with Crippen LogP contribution in [0, 0.1) is 23.7 Å². The highest BCUT2D eigenvalue weighted by atomic mass is 35.5. The third kappa shape index (κ3) is 4.52. The van der Waals surface area contributed by atoms with Crippen LogP contribution in [0.5, 0.6) is 23.0 Å². The van der Waals surface area contributed by atoms with Crippen molar-refractivity contribution in [2.45, 2.75) is 29.0 Å². The maximum atomic E-state index is 14.0. The minimum atomic E-state index is -1.89. The highest BCUT2D eigenvalue weighted by molar-refractivity contribution is 6.53. The summed E-state index contributed by atoms with van der Waals surface area (Å²) in [4.78, 5) is 53.2. The lowest BCUT2D eigenvalue weighted by Crippen LogP contribution is -2.60. The second-order valence-electron chi connectivity index (χ2n) is 11.9. The summed E-state index contributed by atoms with van der Waals surface area (Å²) in [6.07, 6.45) is 5.81. The van der Waals surface area contributed by atoms with Crippen LogP contribution >= 0.6 is 23.2 Å². The van der Waals surface area contributed by atoms with Crippen molar-refractivity contribution < 1.29 is 38.9 Å². The van der Waals surface area contributed by atoms with E-state index in [9.17, 15) is 29.4 Å². The Morgan fingerprint density at radius 1 is 0.956 bits per heavy atom. The number of halogens is 2. The molecule has 12 heteroatoms. The van der Waals surface area contributed by atoms with E-state index in [4.69, 9.17) is 32.7 Å². The fraction of sp³-hybridized carbons (Fsp3) is 0.394. The van der Waals surface area contributed by atoms with E-state index in [1.54, 1.807) is 48.6 Å². The number of alkyl halides is 2. The van der Waals surface area contributed by atoms with Crippen molar-refractivity contribution in [1.29, 1.82) is 0 Å². The van der Waals surface area contributed by atoms with Gasteiger partial charge in [-0.1, -0.05) is 35.9 Å². The molecule has 4 amide bonds. The van der Waals surface area contributed by atoms with Crippen molar-refractivity contribution >= 4 is 52.9 Å². The Labute approximate surface area is 269 Å².